The molecule has 0 radical (unpaired) electrons. The number of rotatable bonds is 17. The molecule has 4 heteroatoms. The Balaban J connectivity index is 2.49. The molecule has 0 N–H and O–H groups in total. The molecule has 4 nitrogen and oxygen atoms in total. The van der Waals surface area contributed by atoms with E-state index in [9.17, 15) is 9.59 Å². The second-order valence-electron chi connectivity index (χ2n) is 8.12. The van der Waals surface area contributed by atoms with Gasteiger partial charge in [-0.2, -0.15) is 0 Å². The van der Waals surface area contributed by atoms with Crippen molar-refractivity contribution in [2.45, 2.75) is 117 Å². The highest BCUT2D eigenvalue weighted by Gasteiger charge is 2.14. The normalized spacial score (nSPS) is 10.8. The van der Waals surface area contributed by atoms with Gasteiger partial charge in [-0.1, -0.05) is 91.0 Å². The van der Waals surface area contributed by atoms with Gasteiger partial charge in [0.2, 0.25) is 0 Å². The summed E-state index contributed by atoms with van der Waals surface area (Å²) in [4.78, 5) is 24.5. The van der Waals surface area contributed by atoms with Crippen LogP contribution >= 0.6 is 0 Å². The average Bonchev–Trinajstić information content (AvgIpc) is 2.74. The quantitative estimate of drug-likeness (QED) is 0.149. The summed E-state index contributed by atoms with van der Waals surface area (Å²) in [7, 11) is 0. The lowest BCUT2D eigenvalue weighted by molar-refractivity contribution is -0.137. The van der Waals surface area contributed by atoms with E-state index >= 15 is 0 Å². The molecule has 1 aromatic rings. The van der Waals surface area contributed by atoms with Crippen LogP contribution in [0.15, 0.2) is 18.2 Å². The Bertz CT molecular complexity index is 609. The standard InChI is InChI=1S/C26H42O4/c1-4-7-9-11-13-15-17-25(27)29-23-20-19-22(6-3)21-24(23)30-26(28)18-16-14-12-10-8-5-2/h19-21H,4-18H2,1-3H3. The second-order valence-corrected chi connectivity index (χ2v) is 8.12. The van der Waals surface area contributed by atoms with Gasteiger partial charge < -0.3 is 9.47 Å². The molecule has 0 spiro atoms. The van der Waals surface area contributed by atoms with Gasteiger partial charge in [-0.3, -0.25) is 9.59 Å². The third-order valence-electron chi connectivity index (χ3n) is 5.33. The first kappa shape index (κ1) is 26.2. The molecule has 0 aliphatic rings. The van der Waals surface area contributed by atoms with Crippen molar-refractivity contribution < 1.29 is 19.1 Å². The molecule has 30 heavy (non-hydrogen) atoms. The van der Waals surface area contributed by atoms with E-state index in [0.29, 0.717) is 24.3 Å². The summed E-state index contributed by atoms with van der Waals surface area (Å²) >= 11 is 0. The maximum Gasteiger partial charge on any atom is 0.311 e. The minimum atomic E-state index is -0.261. The van der Waals surface area contributed by atoms with E-state index in [0.717, 1.165) is 50.5 Å². The molecular weight excluding hydrogens is 376 g/mol. The lowest BCUT2D eigenvalue weighted by Gasteiger charge is -2.12. The van der Waals surface area contributed by atoms with Crippen LogP contribution in [0.5, 0.6) is 11.5 Å². The predicted molar refractivity (Wildman–Crippen MR) is 123 cm³/mol. The maximum atomic E-state index is 12.3. The summed E-state index contributed by atoms with van der Waals surface area (Å²) in [5.74, 6) is 0.191. The summed E-state index contributed by atoms with van der Waals surface area (Å²) in [5, 5.41) is 0. The van der Waals surface area contributed by atoms with Crippen molar-refractivity contribution >= 4 is 11.9 Å². The van der Waals surface area contributed by atoms with Gasteiger partial charge >= 0.3 is 11.9 Å². The van der Waals surface area contributed by atoms with Crippen LogP contribution in [0.2, 0.25) is 0 Å². The Kier molecular flexibility index (Phi) is 14.8. The predicted octanol–water partition coefficient (Wildman–Crippen LogP) is 7.56. The summed E-state index contributed by atoms with van der Waals surface area (Å²) < 4.78 is 11.1. The molecule has 1 aromatic carbocycles. The first-order chi connectivity index (χ1) is 14.6. The zero-order chi connectivity index (χ0) is 22.0. The minimum absolute atomic E-state index is 0.257. The molecule has 0 heterocycles. The molecule has 0 aliphatic carbocycles. The molecule has 170 valence electrons. The van der Waals surface area contributed by atoms with Gasteiger partial charge in [0, 0.05) is 12.8 Å². The molecule has 1 rings (SSSR count). The number of benzene rings is 1. The van der Waals surface area contributed by atoms with Crippen LogP contribution in [0.25, 0.3) is 0 Å². The zero-order valence-corrected chi connectivity index (χ0v) is 19.5. The maximum absolute atomic E-state index is 12.3. The Labute approximate surface area is 183 Å². The third-order valence-corrected chi connectivity index (χ3v) is 5.33. The molecule has 0 amide bonds. The van der Waals surface area contributed by atoms with Gasteiger partial charge in [0.05, 0.1) is 0 Å². The van der Waals surface area contributed by atoms with Crippen LogP contribution < -0.4 is 9.47 Å². The number of hydrogen-bond acceptors (Lipinski definition) is 4. The van der Waals surface area contributed by atoms with E-state index in [1.807, 2.05) is 19.1 Å². The number of aryl methyl sites for hydroxylation is 1. The van der Waals surface area contributed by atoms with Gasteiger partial charge in [-0.05, 0) is 37.0 Å². The van der Waals surface area contributed by atoms with E-state index in [-0.39, 0.29) is 11.9 Å². The average molecular weight is 419 g/mol. The summed E-state index contributed by atoms with van der Waals surface area (Å²) in [6.07, 6.45) is 15.1. The highest BCUT2D eigenvalue weighted by molar-refractivity contribution is 5.76. The van der Waals surface area contributed by atoms with Gasteiger partial charge in [0.15, 0.2) is 11.5 Å². The lowest BCUT2D eigenvalue weighted by Crippen LogP contribution is -2.12. The van der Waals surface area contributed by atoms with Crippen molar-refractivity contribution in [2.75, 3.05) is 0 Å². The van der Waals surface area contributed by atoms with Crippen molar-refractivity contribution in [3.05, 3.63) is 23.8 Å². The van der Waals surface area contributed by atoms with E-state index in [4.69, 9.17) is 9.47 Å². The van der Waals surface area contributed by atoms with Gasteiger partial charge in [0.25, 0.3) is 0 Å². The summed E-state index contributed by atoms with van der Waals surface area (Å²) in [5.41, 5.74) is 1.05. The summed E-state index contributed by atoms with van der Waals surface area (Å²) in [6.45, 7) is 6.43. The SMILES string of the molecule is CCCCCCCCC(=O)Oc1ccc(CC)cc1OC(=O)CCCCCCCC. The smallest absolute Gasteiger partial charge is 0.311 e. The minimum Gasteiger partial charge on any atom is -0.423 e. The highest BCUT2D eigenvalue weighted by Crippen LogP contribution is 2.30. The van der Waals surface area contributed by atoms with Gasteiger partial charge in [-0.15, -0.1) is 0 Å². The number of carbonyl (C=O) groups excluding carboxylic acids is 2. The van der Waals surface area contributed by atoms with Crippen LogP contribution in [0.1, 0.15) is 116 Å². The third kappa shape index (κ3) is 12.0. The fourth-order valence-corrected chi connectivity index (χ4v) is 3.38. The molecular formula is C26H42O4. The van der Waals surface area contributed by atoms with E-state index in [1.165, 1.54) is 38.5 Å². The van der Waals surface area contributed by atoms with E-state index in [2.05, 4.69) is 13.8 Å². The molecule has 0 saturated heterocycles. The van der Waals surface area contributed by atoms with Crippen LogP contribution in [0.4, 0.5) is 0 Å². The molecule has 0 unspecified atom stereocenters. The Morgan fingerprint density at radius 2 is 1.10 bits per heavy atom. The van der Waals surface area contributed by atoms with Crippen molar-refractivity contribution in [3.63, 3.8) is 0 Å². The fraction of sp³-hybridized carbons (Fsp3) is 0.692. The first-order valence-electron chi connectivity index (χ1n) is 12.1. The zero-order valence-electron chi connectivity index (χ0n) is 19.5. The van der Waals surface area contributed by atoms with Gasteiger partial charge in [0.1, 0.15) is 0 Å². The van der Waals surface area contributed by atoms with Crippen LogP contribution in [-0.4, -0.2) is 11.9 Å². The highest BCUT2D eigenvalue weighted by atomic mass is 16.6. The fourth-order valence-electron chi connectivity index (χ4n) is 3.38. The van der Waals surface area contributed by atoms with E-state index < -0.39 is 0 Å². The molecule has 0 bridgehead atoms. The number of unbranched alkanes of at least 4 members (excludes halogenated alkanes) is 10. The van der Waals surface area contributed by atoms with Crippen molar-refractivity contribution in [3.8, 4) is 11.5 Å². The number of hydrogen-bond donors (Lipinski definition) is 0. The Morgan fingerprint density at radius 1 is 0.633 bits per heavy atom. The molecule has 0 aliphatic heterocycles. The molecule has 0 aromatic heterocycles. The summed E-state index contributed by atoms with van der Waals surface area (Å²) in [6, 6.07) is 5.47. The van der Waals surface area contributed by atoms with Crippen LogP contribution in [0.3, 0.4) is 0 Å². The Hall–Kier alpha value is -1.84. The second kappa shape index (κ2) is 16.9. The Morgan fingerprint density at radius 3 is 1.60 bits per heavy atom. The van der Waals surface area contributed by atoms with Crippen molar-refractivity contribution in [1.29, 1.82) is 0 Å². The molecule has 0 fully saturated rings. The first-order valence-corrected chi connectivity index (χ1v) is 12.1. The lowest BCUT2D eigenvalue weighted by atomic mass is 10.1. The topological polar surface area (TPSA) is 52.6 Å². The van der Waals surface area contributed by atoms with Crippen LogP contribution in [-0.2, 0) is 16.0 Å². The van der Waals surface area contributed by atoms with Crippen LogP contribution in [0, 0.1) is 0 Å². The van der Waals surface area contributed by atoms with Crippen molar-refractivity contribution in [1.82, 2.24) is 0 Å². The van der Waals surface area contributed by atoms with Gasteiger partial charge in [-0.25, -0.2) is 0 Å². The monoisotopic (exact) mass is 418 g/mol. The number of carbonyl (C=O) groups is 2. The largest absolute Gasteiger partial charge is 0.423 e. The number of esters is 2. The molecule has 0 atom stereocenters. The number of ether oxygens (including phenoxy) is 2. The molecule has 0 saturated carbocycles. The van der Waals surface area contributed by atoms with Crippen molar-refractivity contribution in [2.24, 2.45) is 0 Å². The van der Waals surface area contributed by atoms with E-state index in [1.54, 1.807) is 6.07 Å².